The van der Waals surface area contributed by atoms with Crippen molar-refractivity contribution in [3.8, 4) is 0 Å². The zero-order valence-corrected chi connectivity index (χ0v) is 12.0. The van der Waals surface area contributed by atoms with Gasteiger partial charge in [-0.1, -0.05) is 6.07 Å². The molecule has 0 spiro atoms. The lowest BCUT2D eigenvalue weighted by molar-refractivity contribution is -0.121. The molecule has 0 saturated heterocycles. The van der Waals surface area contributed by atoms with Gasteiger partial charge in [0.1, 0.15) is 0 Å². The van der Waals surface area contributed by atoms with Gasteiger partial charge in [0.15, 0.2) is 0 Å². The summed E-state index contributed by atoms with van der Waals surface area (Å²) in [5, 5.41) is 8.07. The van der Waals surface area contributed by atoms with Crippen LogP contribution in [-0.4, -0.2) is 25.5 Å². The number of nitrogens with one attached hydrogen (secondary N) is 2. The van der Waals surface area contributed by atoms with Gasteiger partial charge < -0.3 is 10.6 Å². The fourth-order valence-electron chi connectivity index (χ4n) is 1.34. The molecule has 3 nitrogen and oxygen atoms in total. The molecule has 0 fully saturated rings. The minimum Gasteiger partial charge on any atom is -0.355 e. The molecule has 1 amide bonds. The summed E-state index contributed by atoms with van der Waals surface area (Å²) in [6.07, 6.45) is 2.56. The van der Waals surface area contributed by atoms with Crippen LogP contribution in [0.1, 0.15) is 24.6 Å². The van der Waals surface area contributed by atoms with Crippen LogP contribution < -0.4 is 10.6 Å². The lowest BCUT2D eigenvalue weighted by atomic mass is 10.2. The summed E-state index contributed by atoms with van der Waals surface area (Å²) < 4.78 is 0. The van der Waals surface area contributed by atoms with Crippen LogP contribution in [-0.2, 0) is 11.2 Å². The Balaban J connectivity index is 0.00000256. The van der Waals surface area contributed by atoms with Gasteiger partial charge >= 0.3 is 0 Å². The number of rotatable bonds is 7. The molecule has 0 aromatic carbocycles. The van der Waals surface area contributed by atoms with Gasteiger partial charge in [-0.2, -0.15) is 0 Å². The van der Waals surface area contributed by atoms with Crippen molar-refractivity contribution in [3.63, 3.8) is 0 Å². The van der Waals surface area contributed by atoms with E-state index in [2.05, 4.69) is 28.1 Å². The van der Waals surface area contributed by atoms with Gasteiger partial charge in [-0.05, 0) is 38.3 Å². The van der Waals surface area contributed by atoms with Crippen molar-refractivity contribution in [2.24, 2.45) is 0 Å². The van der Waals surface area contributed by atoms with Crippen LogP contribution in [0.25, 0.3) is 0 Å². The molecule has 5 heteroatoms. The average molecular weight is 277 g/mol. The largest absolute Gasteiger partial charge is 0.355 e. The monoisotopic (exact) mass is 276 g/mol. The Kier molecular flexibility index (Phi) is 9.13. The molecule has 17 heavy (non-hydrogen) atoms. The molecule has 1 unspecified atom stereocenters. The fourth-order valence-corrected chi connectivity index (χ4v) is 2.09. The van der Waals surface area contributed by atoms with Gasteiger partial charge in [0, 0.05) is 23.9 Å². The van der Waals surface area contributed by atoms with Crippen molar-refractivity contribution in [3.05, 3.63) is 22.4 Å². The number of carbonyl (C=O) groups is 1. The van der Waals surface area contributed by atoms with Gasteiger partial charge in [0.05, 0.1) is 0 Å². The van der Waals surface area contributed by atoms with Gasteiger partial charge in [0.25, 0.3) is 0 Å². The van der Waals surface area contributed by atoms with E-state index < -0.39 is 0 Å². The number of amides is 1. The minimum atomic E-state index is 0. The Hall–Kier alpha value is -0.580. The van der Waals surface area contributed by atoms with E-state index in [9.17, 15) is 4.79 Å². The highest BCUT2D eigenvalue weighted by Crippen LogP contribution is 2.11. The predicted octanol–water partition coefficient (Wildman–Crippen LogP) is 2.22. The van der Waals surface area contributed by atoms with E-state index in [0.29, 0.717) is 19.0 Å². The Morgan fingerprint density at radius 2 is 2.29 bits per heavy atom. The predicted molar refractivity (Wildman–Crippen MR) is 76.0 cm³/mol. The zero-order chi connectivity index (χ0) is 11.8. The highest BCUT2D eigenvalue weighted by atomic mass is 35.5. The third kappa shape index (κ3) is 7.36. The van der Waals surface area contributed by atoms with Crippen molar-refractivity contribution >= 4 is 29.7 Å². The lowest BCUT2D eigenvalue weighted by Crippen LogP contribution is -2.37. The Labute approximate surface area is 113 Å². The van der Waals surface area contributed by atoms with E-state index >= 15 is 0 Å². The average Bonchev–Trinajstić information content (AvgIpc) is 2.79. The standard InChI is InChI=1S/C12H20N2OS.ClH/c1-10(13-2)9-14-12(15)7-3-5-11-6-4-8-16-11;/h4,6,8,10,13H,3,5,7,9H2,1-2H3,(H,14,15);1H. The van der Waals surface area contributed by atoms with Crippen LogP contribution in [0.3, 0.4) is 0 Å². The number of likely N-dealkylation sites (N-methyl/N-ethyl adjacent to an activating group) is 1. The third-order valence-corrected chi connectivity index (χ3v) is 3.44. The lowest BCUT2D eigenvalue weighted by Gasteiger charge is -2.11. The Morgan fingerprint density at radius 1 is 1.53 bits per heavy atom. The number of halogens is 1. The number of hydrogen-bond donors (Lipinski definition) is 2. The van der Waals surface area contributed by atoms with Crippen LogP contribution >= 0.6 is 23.7 Å². The van der Waals surface area contributed by atoms with Crippen molar-refractivity contribution in [1.82, 2.24) is 10.6 Å². The van der Waals surface area contributed by atoms with E-state index in [-0.39, 0.29) is 18.3 Å². The number of hydrogen-bond acceptors (Lipinski definition) is 3. The summed E-state index contributed by atoms with van der Waals surface area (Å²) >= 11 is 1.75. The van der Waals surface area contributed by atoms with Crippen molar-refractivity contribution in [2.45, 2.75) is 32.2 Å². The summed E-state index contributed by atoms with van der Waals surface area (Å²) in [6.45, 7) is 2.75. The first-order valence-electron chi connectivity index (χ1n) is 5.68. The second-order valence-electron chi connectivity index (χ2n) is 3.93. The molecule has 1 rings (SSSR count). The molecule has 1 aromatic heterocycles. The van der Waals surface area contributed by atoms with Gasteiger partial charge in [-0.25, -0.2) is 0 Å². The molecule has 1 aromatic rings. The summed E-state index contributed by atoms with van der Waals surface area (Å²) in [7, 11) is 1.90. The topological polar surface area (TPSA) is 41.1 Å². The normalized spacial score (nSPS) is 11.6. The van der Waals surface area contributed by atoms with Crippen LogP contribution in [0.5, 0.6) is 0 Å². The number of thiophene rings is 1. The first kappa shape index (κ1) is 16.4. The number of carbonyl (C=O) groups excluding carboxylic acids is 1. The van der Waals surface area contributed by atoms with E-state index in [1.54, 1.807) is 11.3 Å². The maximum absolute atomic E-state index is 11.5. The van der Waals surface area contributed by atoms with E-state index in [1.807, 2.05) is 14.0 Å². The third-order valence-electron chi connectivity index (χ3n) is 2.51. The zero-order valence-electron chi connectivity index (χ0n) is 10.4. The molecule has 0 aliphatic rings. The summed E-state index contributed by atoms with van der Waals surface area (Å²) in [6, 6.07) is 4.50. The maximum Gasteiger partial charge on any atom is 0.220 e. The van der Waals surface area contributed by atoms with Gasteiger partial charge in [-0.15, -0.1) is 23.7 Å². The second-order valence-corrected chi connectivity index (χ2v) is 4.96. The summed E-state index contributed by atoms with van der Waals surface area (Å²) in [5.74, 6) is 0.152. The van der Waals surface area contributed by atoms with Crippen LogP contribution in [0.4, 0.5) is 0 Å². The molecular weight excluding hydrogens is 256 g/mol. The van der Waals surface area contributed by atoms with Gasteiger partial charge in [0.2, 0.25) is 5.91 Å². The van der Waals surface area contributed by atoms with E-state index in [4.69, 9.17) is 0 Å². The highest BCUT2D eigenvalue weighted by Gasteiger charge is 2.03. The van der Waals surface area contributed by atoms with Crippen LogP contribution in [0, 0.1) is 0 Å². The van der Waals surface area contributed by atoms with Crippen LogP contribution in [0.2, 0.25) is 0 Å². The van der Waals surface area contributed by atoms with E-state index in [1.165, 1.54) is 4.88 Å². The molecule has 98 valence electrons. The van der Waals surface area contributed by atoms with Crippen molar-refractivity contribution in [1.29, 1.82) is 0 Å². The maximum atomic E-state index is 11.5. The minimum absolute atomic E-state index is 0. The molecule has 0 aliphatic heterocycles. The Bertz CT molecular complexity index is 303. The summed E-state index contributed by atoms with van der Waals surface area (Å²) in [5.41, 5.74) is 0. The molecular formula is C12H21ClN2OS. The Morgan fingerprint density at radius 3 is 2.88 bits per heavy atom. The SMILES string of the molecule is CNC(C)CNC(=O)CCCc1cccs1.Cl. The van der Waals surface area contributed by atoms with Crippen LogP contribution in [0.15, 0.2) is 17.5 Å². The summed E-state index contributed by atoms with van der Waals surface area (Å²) in [4.78, 5) is 12.8. The molecule has 0 bridgehead atoms. The quantitative estimate of drug-likeness (QED) is 0.802. The molecule has 0 saturated carbocycles. The fraction of sp³-hybridized carbons (Fsp3) is 0.583. The second kappa shape index (κ2) is 9.45. The smallest absolute Gasteiger partial charge is 0.220 e. The first-order chi connectivity index (χ1) is 7.72. The van der Waals surface area contributed by atoms with E-state index in [0.717, 1.165) is 12.8 Å². The first-order valence-corrected chi connectivity index (χ1v) is 6.56. The molecule has 0 aliphatic carbocycles. The highest BCUT2D eigenvalue weighted by molar-refractivity contribution is 7.09. The van der Waals surface area contributed by atoms with Gasteiger partial charge in [-0.3, -0.25) is 4.79 Å². The molecule has 2 N–H and O–H groups in total. The molecule has 0 radical (unpaired) electrons. The van der Waals surface area contributed by atoms with Crippen molar-refractivity contribution in [2.75, 3.05) is 13.6 Å². The molecule has 1 heterocycles. The molecule has 1 atom stereocenters. The number of aryl methyl sites for hydroxylation is 1. The van der Waals surface area contributed by atoms with Crippen molar-refractivity contribution < 1.29 is 4.79 Å².